The highest BCUT2D eigenvalue weighted by Crippen LogP contribution is 2.29. The van der Waals surface area contributed by atoms with Gasteiger partial charge in [-0.05, 0) is 50.4 Å². The molecule has 0 radical (unpaired) electrons. The molecule has 0 aliphatic carbocycles. The predicted octanol–water partition coefficient (Wildman–Crippen LogP) is 5.15. The van der Waals surface area contributed by atoms with Crippen molar-refractivity contribution in [2.75, 3.05) is 17.8 Å². The second kappa shape index (κ2) is 11.4. The summed E-state index contributed by atoms with van der Waals surface area (Å²) in [6, 6.07) is 19.0. The Hall–Kier alpha value is -3.98. The summed E-state index contributed by atoms with van der Waals surface area (Å²) < 4.78 is 5.27. The molecule has 0 spiro atoms. The van der Waals surface area contributed by atoms with Crippen LogP contribution in [0.1, 0.15) is 40.1 Å². The van der Waals surface area contributed by atoms with E-state index in [9.17, 15) is 24.5 Å². The lowest BCUT2D eigenvalue weighted by molar-refractivity contribution is -0.387. The average molecular weight is 493 g/mol. The van der Waals surface area contributed by atoms with E-state index >= 15 is 0 Å². The van der Waals surface area contributed by atoms with Crippen LogP contribution in [0.3, 0.4) is 0 Å². The molecule has 0 saturated carbocycles. The first kappa shape index (κ1) is 25.6. The van der Waals surface area contributed by atoms with E-state index in [-0.39, 0.29) is 28.4 Å². The number of thioether (sulfide) groups is 1. The molecular formula is C26H24N2O6S. The number of ketones is 1. The Morgan fingerprint density at radius 2 is 1.60 bits per heavy atom. The first-order valence-electron chi connectivity index (χ1n) is 10.7. The first-order valence-corrected chi connectivity index (χ1v) is 12.0. The Morgan fingerprint density at radius 3 is 2.20 bits per heavy atom. The summed E-state index contributed by atoms with van der Waals surface area (Å²) in [4.78, 5) is 51.6. The lowest BCUT2D eigenvalue weighted by Crippen LogP contribution is -2.40. The highest BCUT2D eigenvalue weighted by atomic mass is 32.2. The van der Waals surface area contributed by atoms with Crippen molar-refractivity contribution in [2.24, 2.45) is 0 Å². The fourth-order valence-corrected chi connectivity index (χ4v) is 4.13. The van der Waals surface area contributed by atoms with Crippen molar-refractivity contribution in [1.82, 2.24) is 0 Å². The number of esters is 1. The monoisotopic (exact) mass is 492 g/mol. The van der Waals surface area contributed by atoms with Crippen molar-refractivity contribution in [1.29, 1.82) is 0 Å². The SMILES string of the molecule is CSc1ccc(C(=O)c2ccccc2C(=O)OCC(=O)N(c2ccccc2)C(C)C)cc1[N+](=O)[O-]. The minimum absolute atomic E-state index is 0.0277. The number of rotatable bonds is 9. The van der Waals surface area contributed by atoms with Crippen LogP contribution in [-0.2, 0) is 9.53 Å². The molecule has 0 fully saturated rings. The highest BCUT2D eigenvalue weighted by Gasteiger charge is 2.24. The molecule has 3 rings (SSSR count). The molecular weight excluding hydrogens is 468 g/mol. The molecule has 0 aliphatic heterocycles. The second-order valence-corrected chi connectivity index (χ2v) is 8.64. The molecule has 1 amide bonds. The van der Waals surface area contributed by atoms with Crippen LogP contribution in [-0.4, -0.2) is 41.5 Å². The van der Waals surface area contributed by atoms with Gasteiger partial charge in [0.25, 0.3) is 11.6 Å². The van der Waals surface area contributed by atoms with Gasteiger partial charge in [-0.15, -0.1) is 11.8 Å². The smallest absolute Gasteiger partial charge is 0.339 e. The maximum Gasteiger partial charge on any atom is 0.339 e. The van der Waals surface area contributed by atoms with E-state index in [0.717, 1.165) is 0 Å². The van der Waals surface area contributed by atoms with Gasteiger partial charge < -0.3 is 9.64 Å². The number of carbonyl (C=O) groups excluding carboxylic acids is 3. The van der Waals surface area contributed by atoms with Gasteiger partial charge >= 0.3 is 5.97 Å². The van der Waals surface area contributed by atoms with Crippen LogP contribution in [0.15, 0.2) is 77.7 Å². The van der Waals surface area contributed by atoms with Gasteiger partial charge in [-0.1, -0.05) is 36.4 Å². The van der Waals surface area contributed by atoms with Crippen LogP contribution in [0.5, 0.6) is 0 Å². The third-order valence-electron chi connectivity index (χ3n) is 5.18. The van der Waals surface area contributed by atoms with Gasteiger partial charge in [0, 0.05) is 28.9 Å². The van der Waals surface area contributed by atoms with Gasteiger partial charge in [-0.2, -0.15) is 0 Å². The van der Waals surface area contributed by atoms with Crippen LogP contribution in [0.2, 0.25) is 0 Å². The fraction of sp³-hybridized carbons (Fsp3) is 0.192. The van der Waals surface area contributed by atoms with Crippen molar-refractivity contribution >= 4 is 40.8 Å². The summed E-state index contributed by atoms with van der Waals surface area (Å²) in [5, 5.41) is 11.4. The summed E-state index contributed by atoms with van der Waals surface area (Å²) in [7, 11) is 0. The number of benzene rings is 3. The van der Waals surface area contributed by atoms with E-state index in [1.807, 2.05) is 32.0 Å². The van der Waals surface area contributed by atoms with Gasteiger partial charge in [0.2, 0.25) is 0 Å². The third kappa shape index (κ3) is 5.93. The molecule has 0 aromatic heterocycles. The lowest BCUT2D eigenvalue weighted by Gasteiger charge is -2.26. The largest absolute Gasteiger partial charge is 0.452 e. The van der Waals surface area contributed by atoms with Gasteiger partial charge in [-0.25, -0.2) is 4.79 Å². The number of nitro benzene ring substituents is 1. The zero-order valence-electron chi connectivity index (χ0n) is 19.5. The number of hydrogen-bond donors (Lipinski definition) is 0. The van der Waals surface area contributed by atoms with Crippen molar-refractivity contribution < 1.29 is 24.0 Å². The molecule has 3 aromatic rings. The Bertz CT molecular complexity index is 1260. The van der Waals surface area contributed by atoms with Gasteiger partial charge in [0.1, 0.15) is 0 Å². The second-order valence-electron chi connectivity index (χ2n) is 7.79. The van der Waals surface area contributed by atoms with Crippen LogP contribution in [0, 0.1) is 10.1 Å². The molecule has 0 heterocycles. The number of para-hydroxylation sites is 1. The Kier molecular flexibility index (Phi) is 8.38. The van der Waals surface area contributed by atoms with Crippen LogP contribution >= 0.6 is 11.8 Å². The standard InChI is InChI=1S/C26H24N2O6S/c1-17(2)27(19-9-5-4-6-10-19)24(29)16-34-26(31)21-12-8-7-11-20(21)25(30)18-13-14-23(35-3)22(15-18)28(32)33/h4-15,17H,16H2,1-3H3. The molecule has 0 bridgehead atoms. The molecule has 180 valence electrons. The first-order chi connectivity index (χ1) is 16.7. The van der Waals surface area contributed by atoms with Crippen molar-refractivity contribution in [2.45, 2.75) is 24.8 Å². The number of carbonyl (C=O) groups is 3. The topological polar surface area (TPSA) is 107 Å². The summed E-state index contributed by atoms with van der Waals surface area (Å²) in [6.45, 7) is 3.19. The van der Waals surface area contributed by atoms with E-state index in [4.69, 9.17) is 4.74 Å². The highest BCUT2D eigenvalue weighted by molar-refractivity contribution is 7.98. The number of hydrogen-bond acceptors (Lipinski definition) is 7. The van der Waals surface area contributed by atoms with Crippen molar-refractivity contribution in [3.05, 3.63) is 99.6 Å². The summed E-state index contributed by atoms with van der Waals surface area (Å²) in [6.07, 6.45) is 1.70. The number of amides is 1. The van der Waals surface area contributed by atoms with Gasteiger partial charge in [-0.3, -0.25) is 19.7 Å². The quantitative estimate of drug-likeness (QED) is 0.134. The molecule has 0 atom stereocenters. The number of nitro groups is 1. The number of anilines is 1. The zero-order chi connectivity index (χ0) is 25.5. The average Bonchev–Trinajstić information content (AvgIpc) is 2.86. The Balaban J connectivity index is 1.82. The summed E-state index contributed by atoms with van der Waals surface area (Å²) >= 11 is 1.20. The molecule has 8 nitrogen and oxygen atoms in total. The van der Waals surface area contributed by atoms with Crippen LogP contribution in [0.4, 0.5) is 11.4 Å². The maximum absolute atomic E-state index is 13.2. The molecule has 0 saturated heterocycles. The minimum atomic E-state index is -0.839. The van der Waals surface area contributed by atoms with Crippen LogP contribution < -0.4 is 4.90 Å². The minimum Gasteiger partial charge on any atom is -0.452 e. The lowest BCUT2D eigenvalue weighted by atomic mass is 9.98. The molecule has 9 heteroatoms. The van der Waals surface area contributed by atoms with E-state index in [0.29, 0.717) is 10.6 Å². The molecule has 0 unspecified atom stereocenters. The number of nitrogens with zero attached hydrogens (tertiary/aromatic N) is 2. The summed E-state index contributed by atoms with van der Waals surface area (Å²) in [5.41, 5.74) is 0.552. The van der Waals surface area contributed by atoms with E-state index in [2.05, 4.69) is 0 Å². The maximum atomic E-state index is 13.2. The molecule has 3 aromatic carbocycles. The Labute approximate surface area is 207 Å². The Morgan fingerprint density at radius 1 is 0.971 bits per heavy atom. The zero-order valence-corrected chi connectivity index (χ0v) is 20.3. The van der Waals surface area contributed by atoms with Crippen molar-refractivity contribution in [3.8, 4) is 0 Å². The molecule has 0 N–H and O–H groups in total. The summed E-state index contributed by atoms with van der Waals surface area (Å²) in [5.74, 6) is -1.81. The molecule has 0 aliphatic rings. The van der Waals surface area contributed by atoms with E-state index in [1.54, 1.807) is 30.5 Å². The van der Waals surface area contributed by atoms with Gasteiger partial charge in [0.15, 0.2) is 12.4 Å². The molecule has 35 heavy (non-hydrogen) atoms. The van der Waals surface area contributed by atoms with Gasteiger partial charge in [0.05, 0.1) is 15.4 Å². The van der Waals surface area contributed by atoms with E-state index < -0.39 is 29.2 Å². The number of ether oxygens (including phenoxy) is 1. The predicted molar refractivity (Wildman–Crippen MR) is 134 cm³/mol. The van der Waals surface area contributed by atoms with Crippen LogP contribution in [0.25, 0.3) is 0 Å². The third-order valence-corrected chi connectivity index (χ3v) is 5.96. The van der Waals surface area contributed by atoms with Crippen molar-refractivity contribution in [3.63, 3.8) is 0 Å². The fourth-order valence-electron chi connectivity index (χ4n) is 3.58. The van der Waals surface area contributed by atoms with E-state index in [1.165, 1.54) is 47.0 Å². The normalized spacial score (nSPS) is 10.6.